The van der Waals surface area contributed by atoms with E-state index in [1.165, 1.54) is 76.0 Å². The van der Waals surface area contributed by atoms with Gasteiger partial charge in [-0.05, 0) is 18.8 Å². The van der Waals surface area contributed by atoms with Gasteiger partial charge in [-0.3, -0.25) is 0 Å². The number of rotatable bonds is 12. The van der Waals surface area contributed by atoms with Crippen LogP contribution in [0.2, 0.25) is 0 Å². The second kappa shape index (κ2) is 13.5. The molecule has 0 rings (SSSR count). The van der Waals surface area contributed by atoms with E-state index in [0.29, 0.717) is 0 Å². The molecule has 0 amide bonds. The van der Waals surface area contributed by atoms with E-state index in [2.05, 4.69) is 29.8 Å². The molecule has 0 aromatic carbocycles. The highest BCUT2D eigenvalue weighted by molar-refractivity contribution is 9.09. The first-order chi connectivity index (χ1) is 7.85. The number of halogens is 1. The molecule has 0 bridgehead atoms. The highest BCUT2D eigenvalue weighted by atomic mass is 79.9. The number of hydrogen-bond donors (Lipinski definition) is 0. The van der Waals surface area contributed by atoms with Crippen molar-refractivity contribution in [3.63, 3.8) is 0 Å². The topological polar surface area (TPSA) is 0 Å². The van der Waals surface area contributed by atoms with Crippen LogP contribution >= 0.6 is 15.9 Å². The number of hydrogen-bond acceptors (Lipinski definition) is 0. The van der Waals surface area contributed by atoms with Crippen molar-refractivity contribution in [2.75, 3.05) is 5.33 Å². The summed E-state index contributed by atoms with van der Waals surface area (Å²) in [6.45, 7) is 4.58. The van der Waals surface area contributed by atoms with Gasteiger partial charge in [0.15, 0.2) is 0 Å². The van der Waals surface area contributed by atoms with Crippen molar-refractivity contribution in [1.82, 2.24) is 0 Å². The molecular weight excluding hydrogens is 260 g/mol. The van der Waals surface area contributed by atoms with Crippen LogP contribution in [-0.2, 0) is 0 Å². The molecule has 0 nitrogen and oxygen atoms in total. The highest BCUT2D eigenvalue weighted by Crippen LogP contribution is 2.18. The van der Waals surface area contributed by atoms with E-state index in [4.69, 9.17) is 0 Å². The van der Waals surface area contributed by atoms with Crippen LogP contribution in [0.1, 0.15) is 84.5 Å². The van der Waals surface area contributed by atoms with Crippen LogP contribution in [0.4, 0.5) is 0 Å². The van der Waals surface area contributed by atoms with Gasteiger partial charge in [0.1, 0.15) is 0 Å². The molecule has 0 N–H and O–H groups in total. The standard InChI is InChI=1S/C15H31Br/c1-3-5-6-7-8-9-10-11-13-15(14-16)12-4-2/h15H,3-14H2,1-2H3. The van der Waals surface area contributed by atoms with Gasteiger partial charge >= 0.3 is 0 Å². The summed E-state index contributed by atoms with van der Waals surface area (Å²) in [7, 11) is 0. The van der Waals surface area contributed by atoms with Crippen molar-refractivity contribution in [3.05, 3.63) is 0 Å². The van der Waals surface area contributed by atoms with Crippen LogP contribution in [0.25, 0.3) is 0 Å². The predicted octanol–water partition coefficient (Wildman–Crippen LogP) is 6.33. The molecule has 0 aromatic heterocycles. The lowest BCUT2D eigenvalue weighted by Crippen LogP contribution is -2.01. The average Bonchev–Trinajstić information content (AvgIpc) is 2.31. The third-order valence-electron chi connectivity index (χ3n) is 3.38. The molecule has 0 aliphatic rings. The average molecular weight is 291 g/mol. The van der Waals surface area contributed by atoms with Crippen LogP contribution in [0, 0.1) is 5.92 Å². The minimum Gasteiger partial charge on any atom is -0.0925 e. The maximum Gasteiger partial charge on any atom is 0.00596 e. The second-order valence-electron chi connectivity index (χ2n) is 5.07. The zero-order valence-electron chi connectivity index (χ0n) is 11.4. The summed E-state index contributed by atoms with van der Waals surface area (Å²) >= 11 is 3.63. The molecule has 0 radical (unpaired) electrons. The lowest BCUT2D eigenvalue weighted by atomic mass is 9.98. The lowest BCUT2D eigenvalue weighted by molar-refractivity contribution is 0.458. The zero-order valence-corrected chi connectivity index (χ0v) is 13.0. The molecule has 98 valence electrons. The predicted molar refractivity (Wildman–Crippen MR) is 79.4 cm³/mol. The molecule has 0 heterocycles. The second-order valence-corrected chi connectivity index (χ2v) is 5.72. The molecule has 0 saturated carbocycles. The van der Waals surface area contributed by atoms with E-state index >= 15 is 0 Å². The van der Waals surface area contributed by atoms with Crippen molar-refractivity contribution >= 4 is 15.9 Å². The normalized spacial score (nSPS) is 12.9. The van der Waals surface area contributed by atoms with E-state index in [-0.39, 0.29) is 0 Å². The molecule has 16 heavy (non-hydrogen) atoms. The minimum atomic E-state index is 0.935. The molecular formula is C15H31Br. The van der Waals surface area contributed by atoms with Crippen LogP contribution in [0.15, 0.2) is 0 Å². The zero-order chi connectivity index (χ0) is 12.1. The minimum absolute atomic E-state index is 0.935. The third-order valence-corrected chi connectivity index (χ3v) is 4.30. The summed E-state index contributed by atoms with van der Waals surface area (Å²) in [5.41, 5.74) is 0. The summed E-state index contributed by atoms with van der Waals surface area (Å²) < 4.78 is 0. The van der Waals surface area contributed by atoms with E-state index in [1.807, 2.05) is 0 Å². The summed E-state index contributed by atoms with van der Waals surface area (Å²) in [4.78, 5) is 0. The van der Waals surface area contributed by atoms with Gasteiger partial charge in [0.25, 0.3) is 0 Å². The fourth-order valence-electron chi connectivity index (χ4n) is 2.27. The summed E-state index contributed by atoms with van der Waals surface area (Å²) in [5.74, 6) is 0.935. The number of alkyl halides is 1. The Morgan fingerprint density at radius 1 is 0.688 bits per heavy atom. The van der Waals surface area contributed by atoms with Crippen LogP contribution < -0.4 is 0 Å². The largest absolute Gasteiger partial charge is 0.0925 e. The Morgan fingerprint density at radius 3 is 1.75 bits per heavy atom. The van der Waals surface area contributed by atoms with Crippen molar-refractivity contribution in [2.24, 2.45) is 5.92 Å². The van der Waals surface area contributed by atoms with E-state index in [1.54, 1.807) is 0 Å². The molecule has 1 unspecified atom stereocenters. The first-order valence-electron chi connectivity index (χ1n) is 7.41. The van der Waals surface area contributed by atoms with Crippen LogP contribution in [0.3, 0.4) is 0 Å². The fraction of sp³-hybridized carbons (Fsp3) is 1.00. The SMILES string of the molecule is CCCCCCCCCCC(CBr)CCC. The van der Waals surface area contributed by atoms with Gasteiger partial charge in [0, 0.05) is 5.33 Å². The number of unbranched alkanes of at least 4 members (excludes halogenated alkanes) is 7. The Labute approximate surface area is 112 Å². The van der Waals surface area contributed by atoms with Crippen LogP contribution in [-0.4, -0.2) is 5.33 Å². The molecule has 0 aliphatic carbocycles. The molecule has 0 spiro atoms. The monoisotopic (exact) mass is 290 g/mol. The Kier molecular flexibility index (Phi) is 14.0. The molecule has 0 aromatic rings. The molecule has 0 saturated heterocycles. The molecule has 1 atom stereocenters. The molecule has 1 heteroatoms. The Morgan fingerprint density at radius 2 is 1.25 bits per heavy atom. The van der Waals surface area contributed by atoms with Gasteiger partial charge in [-0.2, -0.15) is 0 Å². The fourth-order valence-corrected chi connectivity index (χ4v) is 2.92. The Balaban J connectivity index is 3.12. The lowest BCUT2D eigenvalue weighted by Gasteiger charge is -2.12. The van der Waals surface area contributed by atoms with Gasteiger partial charge in [0.2, 0.25) is 0 Å². The third kappa shape index (κ3) is 11.0. The smallest absolute Gasteiger partial charge is 0.00596 e. The summed E-state index contributed by atoms with van der Waals surface area (Å²) in [6, 6.07) is 0. The van der Waals surface area contributed by atoms with E-state index < -0.39 is 0 Å². The highest BCUT2D eigenvalue weighted by Gasteiger charge is 2.04. The van der Waals surface area contributed by atoms with Gasteiger partial charge in [-0.1, -0.05) is 87.6 Å². The summed E-state index contributed by atoms with van der Waals surface area (Å²) in [5, 5.41) is 1.21. The Hall–Kier alpha value is 0.480. The van der Waals surface area contributed by atoms with Crippen molar-refractivity contribution in [1.29, 1.82) is 0 Å². The van der Waals surface area contributed by atoms with E-state index in [0.717, 1.165) is 5.92 Å². The van der Waals surface area contributed by atoms with Gasteiger partial charge in [-0.25, -0.2) is 0 Å². The molecule has 0 aliphatic heterocycles. The van der Waals surface area contributed by atoms with Crippen molar-refractivity contribution in [2.45, 2.75) is 84.5 Å². The first-order valence-corrected chi connectivity index (χ1v) is 8.53. The first kappa shape index (κ1) is 16.5. The maximum atomic E-state index is 3.63. The van der Waals surface area contributed by atoms with Crippen LogP contribution in [0.5, 0.6) is 0 Å². The summed E-state index contributed by atoms with van der Waals surface area (Å²) in [6.07, 6.45) is 15.7. The Bertz CT molecular complexity index is 123. The molecule has 0 fully saturated rings. The van der Waals surface area contributed by atoms with Crippen molar-refractivity contribution < 1.29 is 0 Å². The van der Waals surface area contributed by atoms with Gasteiger partial charge in [0.05, 0.1) is 0 Å². The quantitative estimate of drug-likeness (QED) is 0.291. The van der Waals surface area contributed by atoms with Crippen molar-refractivity contribution in [3.8, 4) is 0 Å². The van der Waals surface area contributed by atoms with E-state index in [9.17, 15) is 0 Å². The van der Waals surface area contributed by atoms with Gasteiger partial charge < -0.3 is 0 Å². The van der Waals surface area contributed by atoms with Gasteiger partial charge in [-0.15, -0.1) is 0 Å². The maximum absolute atomic E-state index is 3.63.